The molecule has 6 nitrogen and oxygen atoms in total. The highest BCUT2D eigenvalue weighted by Gasteiger charge is 2.13. The lowest BCUT2D eigenvalue weighted by molar-refractivity contribution is 0.289. The Balaban J connectivity index is 2.39. The summed E-state index contributed by atoms with van der Waals surface area (Å²) in [5, 5.41) is 17.1. The maximum Gasteiger partial charge on any atom is 0.203 e. The van der Waals surface area contributed by atoms with Crippen molar-refractivity contribution in [1.82, 2.24) is 19.6 Å². The van der Waals surface area contributed by atoms with Crippen LogP contribution in [0.2, 0.25) is 0 Å². The lowest BCUT2D eigenvalue weighted by atomic mass is 10.4. The summed E-state index contributed by atoms with van der Waals surface area (Å²) in [7, 11) is 0. The van der Waals surface area contributed by atoms with Crippen LogP contribution in [-0.4, -0.2) is 44.4 Å². The summed E-state index contributed by atoms with van der Waals surface area (Å²) in [6.45, 7) is 5.76. The summed E-state index contributed by atoms with van der Waals surface area (Å²) in [5.74, 6) is 1.67. The zero-order valence-corrected chi connectivity index (χ0v) is 10.2. The van der Waals surface area contributed by atoms with Gasteiger partial charge in [0, 0.05) is 32.1 Å². The molecule has 1 N–H and O–H groups in total. The van der Waals surface area contributed by atoms with Gasteiger partial charge in [0.2, 0.25) is 5.65 Å². The van der Waals surface area contributed by atoms with Crippen molar-refractivity contribution in [3.63, 3.8) is 0 Å². The first-order chi connectivity index (χ1) is 8.27. The van der Waals surface area contributed by atoms with Gasteiger partial charge in [0.25, 0.3) is 0 Å². The van der Waals surface area contributed by atoms with Gasteiger partial charge in [0.05, 0.1) is 0 Å². The first-order valence-electron chi connectivity index (χ1n) is 5.80. The van der Waals surface area contributed by atoms with Gasteiger partial charge in [-0.1, -0.05) is 0 Å². The molecule has 0 aromatic carbocycles. The molecule has 6 heteroatoms. The number of hydrogen-bond donors (Lipinski definition) is 1. The molecule has 0 bridgehead atoms. The average molecular weight is 235 g/mol. The molecule has 17 heavy (non-hydrogen) atoms. The number of fused-ring (bicyclic) bond motifs is 1. The van der Waals surface area contributed by atoms with E-state index in [4.69, 9.17) is 5.11 Å². The van der Waals surface area contributed by atoms with E-state index in [0.717, 1.165) is 36.8 Å². The van der Waals surface area contributed by atoms with Crippen molar-refractivity contribution >= 4 is 11.5 Å². The Bertz CT molecular complexity index is 496. The molecule has 0 aliphatic rings. The Morgan fingerprint density at radius 3 is 2.94 bits per heavy atom. The van der Waals surface area contributed by atoms with Gasteiger partial charge >= 0.3 is 0 Å². The minimum Gasteiger partial charge on any atom is -0.396 e. The van der Waals surface area contributed by atoms with Crippen molar-refractivity contribution in [3.8, 4) is 0 Å². The number of hydrogen-bond acceptors (Lipinski definition) is 5. The topological polar surface area (TPSA) is 66.5 Å². The van der Waals surface area contributed by atoms with Gasteiger partial charge in [0.15, 0.2) is 5.82 Å². The third kappa shape index (κ3) is 2.21. The van der Waals surface area contributed by atoms with Crippen molar-refractivity contribution < 1.29 is 5.11 Å². The Hall–Kier alpha value is -1.69. The van der Waals surface area contributed by atoms with Crippen LogP contribution in [0.15, 0.2) is 12.4 Å². The lowest BCUT2D eigenvalue weighted by Gasteiger charge is -2.21. The molecule has 0 saturated carbocycles. The van der Waals surface area contributed by atoms with E-state index in [2.05, 4.69) is 27.0 Å². The van der Waals surface area contributed by atoms with Crippen LogP contribution >= 0.6 is 0 Å². The number of aliphatic hydroxyl groups excluding tert-OH is 1. The fraction of sp³-hybridized carbons (Fsp3) is 0.545. The van der Waals surface area contributed by atoms with Gasteiger partial charge in [-0.3, -0.25) is 4.40 Å². The summed E-state index contributed by atoms with van der Waals surface area (Å²) >= 11 is 0. The molecule has 2 heterocycles. The maximum atomic E-state index is 8.89. The predicted octanol–water partition coefficient (Wildman–Crippen LogP) is 0.641. The lowest BCUT2D eigenvalue weighted by Crippen LogP contribution is -2.26. The molecule has 0 unspecified atom stereocenters. The summed E-state index contributed by atoms with van der Waals surface area (Å²) in [6.07, 6.45) is 4.33. The SMILES string of the molecule is CCN(CCCO)c1nccn2c(C)nnc12. The molecule has 2 aromatic heterocycles. The van der Waals surface area contributed by atoms with Crippen LogP contribution < -0.4 is 4.90 Å². The number of anilines is 1. The molecule has 2 aromatic rings. The van der Waals surface area contributed by atoms with E-state index >= 15 is 0 Å². The van der Waals surface area contributed by atoms with Crippen LogP contribution in [0.1, 0.15) is 19.2 Å². The van der Waals surface area contributed by atoms with E-state index in [-0.39, 0.29) is 6.61 Å². The van der Waals surface area contributed by atoms with Crippen LogP contribution in [0.4, 0.5) is 5.82 Å². The molecule has 0 radical (unpaired) electrons. The molecule has 0 spiro atoms. The highest BCUT2D eigenvalue weighted by Crippen LogP contribution is 2.17. The normalized spacial score (nSPS) is 11.0. The van der Waals surface area contributed by atoms with Crippen LogP contribution in [0.5, 0.6) is 0 Å². The Labute approximate surface area is 99.9 Å². The van der Waals surface area contributed by atoms with Gasteiger partial charge in [-0.25, -0.2) is 4.98 Å². The number of nitrogens with zero attached hydrogens (tertiary/aromatic N) is 5. The van der Waals surface area contributed by atoms with Crippen LogP contribution in [0.25, 0.3) is 5.65 Å². The monoisotopic (exact) mass is 235 g/mol. The first kappa shape index (κ1) is 11.8. The molecule has 0 amide bonds. The Morgan fingerprint density at radius 1 is 1.41 bits per heavy atom. The molecule has 0 atom stereocenters. The average Bonchev–Trinajstić information content (AvgIpc) is 2.73. The standard InChI is InChI=1S/C11H17N5O/c1-3-15(6-4-8-17)10-11-14-13-9(2)16(11)7-5-12-10/h5,7,17H,3-4,6,8H2,1-2H3. The predicted molar refractivity (Wildman–Crippen MR) is 65.1 cm³/mol. The fourth-order valence-electron chi connectivity index (χ4n) is 1.83. The second kappa shape index (κ2) is 5.09. The second-order valence-electron chi connectivity index (χ2n) is 3.85. The minimum absolute atomic E-state index is 0.186. The zero-order valence-electron chi connectivity index (χ0n) is 10.2. The Morgan fingerprint density at radius 2 is 2.24 bits per heavy atom. The summed E-state index contributed by atoms with van der Waals surface area (Å²) in [4.78, 5) is 6.46. The van der Waals surface area contributed by atoms with Gasteiger partial charge in [-0.05, 0) is 20.3 Å². The van der Waals surface area contributed by atoms with Gasteiger partial charge < -0.3 is 10.0 Å². The molecule has 0 aliphatic carbocycles. The highest BCUT2D eigenvalue weighted by atomic mass is 16.3. The zero-order chi connectivity index (χ0) is 12.3. The third-order valence-electron chi connectivity index (χ3n) is 2.75. The summed E-state index contributed by atoms with van der Waals surface area (Å²) in [6, 6.07) is 0. The van der Waals surface area contributed by atoms with E-state index in [9.17, 15) is 0 Å². The van der Waals surface area contributed by atoms with E-state index in [0.29, 0.717) is 0 Å². The van der Waals surface area contributed by atoms with Gasteiger partial charge in [-0.15, -0.1) is 10.2 Å². The van der Waals surface area contributed by atoms with E-state index in [1.165, 1.54) is 0 Å². The number of aliphatic hydroxyl groups is 1. The van der Waals surface area contributed by atoms with Crippen LogP contribution in [0.3, 0.4) is 0 Å². The van der Waals surface area contributed by atoms with Crippen molar-refractivity contribution in [2.75, 3.05) is 24.6 Å². The van der Waals surface area contributed by atoms with Crippen LogP contribution in [-0.2, 0) is 0 Å². The maximum absolute atomic E-state index is 8.89. The van der Waals surface area contributed by atoms with Crippen molar-refractivity contribution in [1.29, 1.82) is 0 Å². The molecule has 0 fully saturated rings. The van der Waals surface area contributed by atoms with E-state index < -0.39 is 0 Å². The highest BCUT2D eigenvalue weighted by molar-refractivity contribution is 5.63. The number of rotatable bonds is 5. The van der Waals surface area contributed by atoms with Gasteiger partial charge in [-0.2, -0.15) is 0 Å². The number of aromatic nitrogens is 4. The fourth-order valence-corrected chi connectivity index (χ4v) is 1.83. The summed E-state index contributed by atoms with van der Waals surface area (Å²) < 4.78 is 1.92. The largest absolute Gasteiger partial charge is 0.396 e. The van der Waals surface area contributed by atoms with E-state index in [1.54, 1.807) is 6.20 Å². The van der Waals surface area contributed by atoms with Gasteiger partial charge in [0.1, 0.15) is 5.82 Å². The first-order valence-corrected chi connectivity index (χ1v) is 5.80. The molecule has 92 valence electrons. The third-order valence-corrected chi connectivity index (χ3v) is 2.75. The van der Waals surface area contributed by atoms with Crippen molar-refractivity contribution in [2.24, 2.45) is 0 Å². The molecule has 0 saturated heterocycles. The molecular weight excluding hydrogens is 218 g/mol. The number of aryl methyl sites for hydroxylation is 1. The molecular formula is C11H17N5O. The molecule has 2 rings (SSSR count). The molecule has 0 aliphatic heterocycles. The second-order valence-corrected chi connectivity index (χ2v) is 3.85. The smallest absolute Gasteiger partial charge is 0.203 e. The quantitative estimate of drug-likeness (QED) is 0.824. The van der Waals surface area contributed by atoms with Crippen molar-refractivity contribution in [3.05, 3.63) is 18.2 Å². The van der Waals surface area contributed by atoms with Crippen LogP contribution in [0, 0.1) is 6.92 Å². The summed E-state index contributed by atoms with van der Waals surface area (Å²) in [5.41, 5.74) is 0.768. The van der Waals surface area contributed by atoms with Crippen molar-refractivity contribution in [2.45, 2.75) is 20.3 Å². The Kier molecular flexibility index (Phi) is 3.53. The minimum atomic E-state index is 0.186. The van der Waals surface area contributed by atoms with E-state index in [1.807, 2.05) is 17.5 Å².